The quantitative estimate of drug-likeness (QED) is 0.398. The number of carboxylic acids is 2. The Morgan fingerprint density at radius 1 is 0.867 bits per heavy atom. The van der Waals surface area contributed by atoms with E-state index in [0.29, 0.717) is 0 Å². The van der Waals surface area contributed by atoms with Crippen LogP contribution in [0, 0.1) is 0 Å². The van der Waals surface area contributed by atoms with Gasteiger partial charge in [0.2, 0.25) is 0 Å². The monoisotopic (exact) mass is 228 g/mol. The first-order valence-electron chi connectivity index (χ1n) is 3.72. The van der Waals surface area contributed by atoms with E-state index in [1.54, 1.807) is 0 Å². The molecule has 0 aromatic rings. The molecule has 0 aliphatic carbocycles. The first-order chi connectivity index (χ1) is 6.27. The molecule has 0 saturated carbocycles. The number of rotatable bonds is 4. The Balaban J connectivity index is -0.0000000825. The molecular weight excluding hydrogens is 215 g/mol. The maximum absolute atomic E-state index is 9.79. The average molecular weight is 228 g/mol. The summed E-state index contributed by atoms with van der Waals surface area (Å²) >= 11 is 0. The van der Waals surface area contributed by atoms with Crippen molar-refractivity contribution in [2.75, 3.05) is 0 Å². The van der Waals surface area contributed by atoms with Gasteiger partial charge in [-0.3, -0.25) is 19.2 Å². The summed E-state index contributed by atoms with van der Waals surface area (Å²) in [4.78, 5) is 38.9. The number of hydrogen-bond acceptors (Lipinski definition) is 4. The number of carboxylic acid groups (broad SMARTS) is 2. The van der Waals surface area contributed by atoms with Gasteiger partial charge in [0.1, 0.15) is 0 Å². The van der Waals surface area contributed by atoms with Crippen molar-refractivity contribution in [3.8, 4) is 0 Å². The van der Waals surface area contributed by atoms with Gasteiger partial charge < -0.3 is 11.6 Å². The minimum absolute atomic E-state index is 0. The van der Waals surface area contributed by atoms with E-state index in [4.69, 9.17) is 10.2 Å². The summed E-state index contributed by atoms with van der Waals surface area (Å²) in [6.45, 7) is 2.50. The van der Waals surface area contributed by atoms with E-state index in [1.165, 1.54) is 13.8 Å². The molecule has 7 heteroatoms. The van der Waals surface area contributed by atoms with Crippen LogP contribution in [-0.4, -0.2) is 33.7 Å². The first kappa shape index (κ1) is 19.8. The number of Topliss-reactive ketones (excluding diaryl/α,β-unsaturated/α-hetero) is 2. The molecule has 0 radical (unpaired) electrons. The Hall–Kier alpha value is -0.720. The summed E-state index contributed by atoms with van der Waals surface area (Å²) in [5.74, 6) is -2.91. The predicted molar refractivity (Wildman–Crippen MR) is 47.0 cm³/mol. The van der Waals surface area contributed by atoms with Crippen LogP contribution in [0.2, 0.25) is 0 Å². The Kier molecular flexibility index (Phi) is 15.0. The minimum atomic E-state index is -1.08. The predicted octanol–water partition coefficient (Wildman–Crippen LogP) is -2.78. The van der Waals surface area contributed by atoms with Crippen molar-refractivity contribution in [2.24, 2.45) is 0 Å². The average Bonchev–Trinajstić information content (AvgIpc) is 2.01. The minimum Gasteiger partial charge on any atom is -1.00 e. The Morgan fingerprint density at radius 3 is 1.13 bits per heavy atom. The van der Waals surface area contributed by atoms with Crippen LogP contribution < -0.4 is 29.6 Å². The first-order valence-corrected chi connectivity index (χ1v) is 3.72. The second-order valence-corrected chi connectivity index (χ2v) is 2.40. The summed E-state index contributed by atoms with van der Waals surface area (Å²) in [7, 11) is 0. The molecule has 2 N–H and O–H groups in total. The molecule has 15 heavy (non-hydrogen) atoms. The fourth-order valence-corrected chi connectivity index (χ4v) is 0.214. The van der Waals surface area contributed by atoms with Crippen molar-refractivity contribution in [2.45, 2.75) is 26.7 Å². The van der Waals surface area contributed by atoms with Gasteiger partial charge >= 0.3 is 41.5 Å². The topological polar surface area (TPSA) is 109 Å². The molecule has 0 fully saturated rings. The van der Waals surface area contributed by atoms with Gasteiger partial charge in [-0.2, -0.15) is 0 Å². The zero-order chi connectivity index (χ0) is 11.7. The van der Waals surface area contributed by atoms with Crippen molar-refractivity contribution in [3.05, 3.63) is 0 Å². The van der Waals surface area contributed by atoms with E-state index in [0.717, 1.165) is 0 Å². The number of aliphatic carboxylic acids is 2. The fourth-order valence-electron chi connectivity index (χ4n) is 0.214. The normalized spacial score (nSPS) is 7.60. The van der Waals surface area contributed by atoms with Crippen LogP contribution in [0.4, 0.5) is 0 Å². The molecule has 0 spiro atoms. The van der Waals surface area contributed by atoms with Gasteiger partial charge in [0, 0.05) is 13.8 Å². The molecule has 0 aromatic heterocycles. The molecule has 0 atom stereocenters. The second-order valence-electron chi connectivity index (χ2n) is 2.40. The molecular formula is C8H13NaO6. The molecule has 0 aliphatic heterocycles. The van der Waals surface area contributed by atoms with Crippen LogP contribution in [0.3, 0.4) is 0 Å². The smallest absolute Gasteiger partial charge is 1.00 e. The van der Waals surface area contributed by atoms with Gasteiger partial charge in [-0.15, -0.1) is 0 Å². The van der Waals surface area contributed by atoms with Gasteiger partial charge in [-0.25, -0.2) is 0 Å². The molecule has 6 nitrogen and oxygen atoms in total. The third kappa shape index (κ3) is 24.6. The molecule has 0 aromatic carbocycles. The van der Waals surface area contributed by atoms with Crippen molar-refractivity contribution in [3.63, 3.8) is 0 Å². The van der Waals surface area contributed by atoms with Gasteiger partial charge in [-0.1, -0.05) is 0 Å². The molecule has 0 rings (SSSR count). The molecule has 0 amide bonds. The summed E-state index contributed by atoms with van der Waals surface area (Å²) in [6.07, 6.45) is -0.593. The second kappa shape index (κ2) is 11.4. The van der Waals surface area contributed by atoms with E-state index in [9.17, 15) is 19.2 Å². The van der Waals surface area contributed by atoms with E-state index in [1.807, 2.05) is 0 Å². The number of carbonyl (C=O) groups excluding carboxylic acids is 2. The van der Waals surface area contributed by atoms with E-state index in [-0.39, 0.29) is 55.4 Å². The number of ketones is 2. The molecule has 0 unspecified atom stereocenters. The van der Waals surface area contributed by atoms with Crippen LogP contribution in [0.25, 0.3) is 0 Å². The summed E-state index contributed by atoms with van der Waals surface area (Å²) in [5.41, 5.74) is 0. The number of carbonyl (C=O) groups is 4. The van der Waals surface area contributed by atoms with E-state index in [2.05, 4.69) is 0 Å². The fraction of sp³-hybridized carbons (Fsp3) is 0.500. The largest absolute Gasteiger partial charge is 1.00 e. The van der Waals surface area contributed by atoms with Crippen LogP contribution >= 0.6 is 0 Å². The zero-order valence-corrected chi connectivity index (χ0v) is 10.9. The van der Waals surface area contributed by atoms with Crippen molar-refractivity contribution in [1.82, 2.24) is 0 Å². The summed E-state index contributed by atoms with van der Waals surface area (Å²) < 4.78 is 0. The van der Waals surface area contributed by atoms with Crippen LogP contribution in [0.15, 0.2) is 0 Å². The summed E-state index contributed by atoms with van der Waals surface area (Å²) in [5, 5.41) is 15.8. The van der Waals surface area contributed by atoms with Crippen molar-refractivity contribution in [1.29, 1.82) is 0 Å². The van der Waals surface area contributed by atoms with E-state index >= 15 is 0 Å². The molecule has 0 heterocycles. The Bertz CT molecular complexity index is 227. The Labute approximate surface area is 110 Å². The zero-order valence-electron chi connectivity index (χ0n) is 9.94. The van der Waals surface area contributed by atoms with Crippen molar-refractivity contribution >= 4 is 23.5 Å². The molecule has 0 saturated heterocycles. The summed E-state index contributed by atoms with van der Waals surface area (Å²) in [6, 6.07) is 0. The van der Waals surface area contributed by atoms with Gasteiger partial charge in [0.15, 0.2) is 11.6 Å². The van der Waals surface area contributed by atoms with Gasteiger partial charge in [-0.05, 0) is 0 Å². The van der Waals surface area contributed by atoms with E-state index < -0.39 is 11.9 Å². The van der Waals surface area contributed by atoms with Gasteiger partial charge in [0.25, 0.3) is 0 Å². The maximum Gasteiger partial charge on any atom is 1.00 e. The Morgan fingerprint density at radius 2 is 1.07 bits per heavy atom. The van der Waals surface area contributed by atoms with Crippen LogP contribution in [0.5, 0.6) is 0 Å². The SMILES string of the molecule is CC(=O)C(C)=O.O=C(O)CCC(=O)O.[H-].[Na+]. The van der Waals surface area contributed by atoms with Crippen LogP contribution in [0.1, 0.15) is 28.1 Å². The van der Waals surface area contributed by atoms with Crippen LogP contribution in [-0.2, 0) is 19.2 Å². The molecule has 82 valence electrons. The van der Waals surface area contributed by atoms with Crippen molar-refractivity contribution < 1.29 is 60.4 Å². The maximum atomic E-state index is 9.79. The number of hydrogen-bond donors (Lipinski definition) is 2. The van der Waals surface area contributed by atoms with Gasteiger partial charge in [0.05, 0.1) is 12.8 Å². The molecule has 0 aliphatic rings. The standard InChI is InChI=1S/C4H6O4.C4H6O2.Na.H/c5-3(6)1-2-4(7)8;1-3(5)4(2)6;;/h1-2H2,(H,5,6)(H,7,8);1-2H3;;/q;;+1;-1. The third-order valence-electron chi connectivity index (χ3n) is 1.05. The molecule has 0 bridgehead atoms. The third-order valence-corrected chi connectivity index (χ3v) is 1.05.